The van der Waals surface area contributed by atoms with E-state index in [1.165, 1.54) is 7.11 Å². The van der Waals surface area contributed by atoms with Gasteiger partial charge in [-0.3, -0.25) is 4.79 Å². The van der Waals surface area contributed by atoms with Crippen molar-refractivity contribution >= 4 is 11.6 Å². The second-order valence-electron chi connectivity index (χ2n) is 5.88. The summed E-state index contributed by atoms with van der Waals surface area (Å²) in [5.74, 6) is 0.858. The third kappa shape index (κ3) is 3.23. The largest absolute Gasteiger partial charge is 0.497 e. The molecule has 0 heterocycles. The Kier molecular flexibility index (Phi) is 5.04. The number of carbonyl (C=O) groups is 1. The van der Waals surface area contributed by atoms with Gasteiger partial charge in [-0.15, -0.1) is 0 Å². The number of hydrogen-bond donors (Lipinski definition) is 1. The third-order valence-corrected chi connectivity index (χ3v) is 4.36. The SMILES string of the molecule is COc1ccc(NC(=O)[C@@]2(OC)CCC[C@H](C)C2)c(C#N)c1. The van der Waals surface area contributed by atoms with Crippen LogP contribution in [0.5, 0.6) is 5.75 Å². The minimum absolute atomic E-state index is 0.178. The number of nitrogens with zero attached hydrogens (tertiary/aromatic N) is 1. The van der Waals surface area contributed by atoms with Crippen molar-refractivity contribution in [3.05, 3.63) is 23.8 Å². The number of anilines is 1. The fourth-order valence-electron chi connectivity index (χ4n) is 3.08. The molecule has 1 amide bonds. The summed E-state index contributed by atoms with van der Waals surface area (Å²) in [6.07, 6.45) is 3.49. The maximum absolute atomic E-state index is 12.7. The van der Waals surface area contributed by atoms with Crippen LogP contribution in [0.1, 0.15) is 38.2 Å². The second kappa shape index (κ2) is 6.80. The summed E-state index contributed by atoms with van der Waals surface area (Å²) < 4.78 is 10.7. The molecule has 1 saturated carbocycles. The van der Waals surface area contributed by atoms with Gasteiger partial charge in [-0.05, 0) is 43.4 Å². The highest BCUT2D eigenvalue weighted by atomic mass is 16.5. The molecule has 0 saturated heterocycles. The van der Waals surface area contributed by atoms with Crippen molar-refractivity contribution in [2.45, 2.75) is 38.2 Å². The number of ether oxygens (including phenoxy) is 2. The zero-order chi connectivity index (χ0) is 16.2. The van der Waals surface area contributed by atoms with Gasteiger partial charge < -0.3 is 14.8 Å². The lowest BCUT2D eigenvalue weighted by atomic mass is 9.78. The first-order valence-corrected chi connectivity index (χ1v) is 7.49. The number of hydrogen-bond acceptors (Lipinski definition) is 4. The first-order valence-electron chi connectivity index (χ1n) is 7.49. The Bertz CT molecular complexity index is 594. The average Bonchev–Trinajstić information content (AvgIpc) is 2.54. The Balaban J connectivity index is 2.22. The van der Waals surface area contributed by atoms with Gasteiger partial charge in [-0.1, -0.05) is 13.3 Å². The number of methoxy groups -OCH3 is 2. The van der Waals surface area contributed by atoms with Crippen LogP contribution >= 0.6 is 0 Å². The number of nitriles is 1. The van der Waals surface area contributed by atoms with Gasteiger partial charge in [0.2, 0.25) is 0 Å². The fraction of sp³-hybridized carbons (Fsp3) is 0.529. The Morgan fingerprint density at radius 1 is 1.45 bits per heavy atom. The van der Waals surface area contributed by atoms with Crippen LogP contribution in [0.2, 0.25) is 0 Å². The van der Waals surface area contributed by atoms with Gasteiger partial charge in [0, 0.05) is 7.11 Å². The van der Waals surface area contributed by atoms with Gasteiger partial charge in [0.25, 0.3) is 5.91 Å². The van der Waals surface area contributed by atoms with Gasteiger partial charge in [0.15, 0.2) is 0 Å². The van der Waals surface area contributed by atoms with Crippen LogP contribution in [-0.2, 0) is 9.53 Å². The lowest BCUT2D eigenvalue weighted by molar-refractivity contribution is -0.143. The maximum atomic E-state index is 12.7. The summed E-state index contributed by atoms with van der Waals surface area (Å²) in [5, 5.41) is 12.1. The summed E-state index contributed by atoms with van der Waals surface area (Å²) in [6, 6.07) is 7.10. The quantitative estimate of drug-likeness (QED) is 0.927. The molecule has 22 heavy (non-hydrogen) atoms. The van der Waals surface area contributed by atoms with Crippen LogP contribution in [0, 0.1) is 17.2 Å². The molecule has 1 aromatic carbocycles. The molecule has 118 valence electrons. The Morgan fingerprint density at radius 3 is 2.82 bits per heavy atom. The number of amides is 1. The van der Waals surface area contributed by atoms with Crippen molar-refractivity contribution in [1.29, 1.82) is 5.26 Å². The summed E-state index contributed by atoms with van der Waals surface area (Å²) in [5.41, 5.74) is 0.0652. The highest BCUT2D eigenvalue weighted by Gasteiger charge is 2.42. The van der Waals surface area contributed by atoms with Crippen LogP contribution in [0.3, 0.4) is 0 Å². The highest BCUT2D eigenvalue weighted by molar-refractivity contribution is 5.98. The Morgan fingerprint density at radius 2 is 2.23 bits per heavy atom. The van der Waals surface area contributed by atoms with Gasteiger partial charge in [-0.25, -0.2) is 0 Å². The molecule has 1 aliphatic carbocycles. The van der Waals surface area contributed by atoms with E-state index < -0.39 is 5.60 Å². The van der Waals surface area contributed by atoms with Crippen LogP contribution in [0.15, 0.2) is 18.2 Å². The Labute approximate surface area is 131 Å². The van der Waals surface area contributed by atoms with Crippen molar-refractivity contribution in [1.82, 2.24) is 0 Å². The third-order valence-electron chi connectivity index (χ3n) is 4.36. The van der Waals surface area contributed by atoms with Crippen LogP contribution in [-0.4, -0.2) is 25.7 Å². The van der Waals surface area contributed by atoms with Crippen molar-refractivity contribution in [2.75, 3.05) is 19.5 Å². The molecule has 5 nitrogen and oxygen atoms in total. The lowest BCUT2D eigenvalue weighted by Gasteiger charge is -2.37. The lowest BCUT2D eigenvalue weighted by Crippen LogP contribution is -2.48. The molecule has 5 heteroatoms. The predicted molar refractivity (Wildman–Crippen MR) is 83.7 cm³/mol. The summed E-state index contributed by atoms with van der Waals surface area (Å²) in [7, 11) is 3.12. The molecule has 0 spiro atoms. The maximum Gasteiger partial charge on any atom is 0.256 e. The van der Waals surface area contributed by atoms with Crippen LogP contribution < -0.4 is 10.1 Å². The first-order chi connectivity index (χ1) is 10.5. The molecule has 0 radical (unpaired) electrons. The normalized spacial score (nSPS) is 24.4. The van der Waals surface area contributed by atoms with Crippen molar-refractivity contribution in [3.8, 4) is 11.8 Å². The predicted octanol–water partition coefficient (Wildman–Crippen LogP) is 3.10. The van der Waals surface area contributed by atoms with Gasteiger partial charge in [0.1, 0.15) is 17.4 Å². The van der Waals surface area contributed by atoms with E-state index in [2.05, 4.69) is 18.3 Å². The molecular formula is C17H22N2O3. The highest BCUT2D eigenvalue weighted by Crippen LogP contribution is 2.36. The number of carbonyl (C=O) groups excluding carboxylic acids is 1. The van der Waals surface area contributed by atoms with Gasteiger partial charge >= 0.3 is 0 Å². The average molecular weight is 302 g/mol. The molecular weight excluding hydrogens is 280 g/mol. The second-order valence-corrected chi connectivity index (χ2v) is 5.88. The molecule has 0 unspecified atom stereocenters. The van der Waals surface area contributed by atoms with Crippen LogP contribution in [0.4, 0.5) is 5.69 Å². The van der Waals surface area contributed by atoms with E-state index in [0.29, 0.717) is 35.8 Å². The standard InChI is InChI=1S/C17H22N2O3/c1-12-5-4-8-17(10-12,22-3)16(20)19-15-7-6-14(21-2)9-13(15)11-18/h6-7,9,12H,4-5,8,10H2,1-3H3,(H,19,20)/t12-,17+/m0/s1. The van der Waals surface area contributed by atoms with Crippen molar-refractivity contribution in [3.63, 3.8) is 0 Å². The fourth-order valence-corrected chi connectivity index (χ4v) is 3.08. The molecule has 0 bridgehead atoms. The summed E-state index contributed by atoms with van der Waals surface area (Å²) >= 11 is 0. The molecule has 2 rings (SSSR count). The monoisotopic (exact) mass is 302 g/mol. The van der Waals surface area contributed by atoms with E-state index in [9.17, 15) is 10.1 Å². The zero-order valence-electron chi connectivity index (χ0n) is 13.3. The van der Waals surface area contributed by atoms with Crippen molar-refractivity contribution in [2.24, 2.45) is 5.92 Å². The van der Waals surface area contributed by atoms with E-state index in [1.54, 1.807) is 25.3 Å². The number of nitrogens with one attached hydrogen (secondary N) is 1. The zero-order valence-corrected chi connectivity index (χ0v) is 13.3. The first kappa shape index (κ1) is 16.3. The van der Waals surface area contributed by atoms with E-state index >= 15 is 0 Å². The topological polar surface area (TPSA) is 71.3 Å². The van der Waals surface area contributed by atoms with Gasteiger partial charge in [0.05, 0.1) is 18.4 Å². The molecule has 1 N–H and O–H groups in total. The minimum atomic E-state index is -0.801. The molecule has 2 atom stereocenters. The number of rotatable bonds is 4. The molecule has 1 aliphatic rings. The molecule has 0 aliphatic heterocycles. The van der Waals surface area contributed by atoms with E-state index in [0.717, 1.165) is 12.8 Å². The van der Waals surface area contributed by atoms with Gasteiger partial charge in [-0.2, -0.15) is 5.26 Å². The van der Waals surface area contributed by atoms with Crippen molar-refractivity contribution < 1.29 is 14.3 Å². The smallest absolute Gasteiger partial charge is 0.256 e. The Hall–Kier alpha value is -2.06. The summed E-state index contributed by atoms with van der Waals surface area (Å²) in [6.45, 7) is 2.13. The summed E-state index contributed by atoms with van der Waals surface area (Å²) in [4.78, 5) is 12.7. The van der Waals surface area contributed by atoms with E-state index in [-0.39, 0.29) is 5.91 Å². The van der Waals surface area contributed by atoms with E-state index in [1.807, 2.05) is 0 Å². The minimum Gasteiger partial charge on any atom is -0.497 e. The molecule has 1 aromatic rings. The van der Waals surface area contributed by atoms with Crippen LogP contribution in [0.25, 0.3) is 0 Å². The number of benzene rings is 1. The van der Waals surface area contributed by atoms with E-state index in [4.69, 9.17) is 9.47 Å². The molecule has 1 fully saturated rings. The molecule has 0 aromatic heterocycles.